The molecule has 0 N–H and O–H groups in total. The summed E-state index contributed by atoms with van der Waals surface area (Å²) in [7, 11) is -1.13. The van der Waals surface area contributed by atoms with Crippen molar-refractivity contribution in [2.75, 3.05) is 13.4 Å². The van der Waals surface area contributed by atoms with Gasteiger partial charge in [0.1, 0.15) is 5.75 Å². The lowest BCUT2D eigenvalue weighted by molar-refractivity contribution is 0.0215. The average molecular weight is 305 g/mol. The summed E-state index contributed by atoms with van der Waals surface area (Å²) in [5, 5.41) is -0.103. The Balaban J connectivity index is 2.50. The molecule has 0 aliphatic carbocycles. The molecule has 1 rings (SSSR count). The molecule has 0 saturated carbocycles. The number of halogens is 2. The van der Waals surface area contributed by atoms with E-state index in [1.54, 1.807) is 0 Å². The van der Waals surface area contributed by atoms with Crippen molar-refractivity contribution >= 4 is 26.0 Å². The fourth-order valence-corrected chi connectivity index (χ4v) is 2.25. The van der Waals surface area contributed by atoms with Crippen LogP contribution in [-0.4, -0.2) is 27.8 Å². The predicted octanol–water partition coefficient (Wildman–Crippen LogP) is 3.98. The molecule has 0 unspecified atom stereocenters. The molecule has 1 aromatic carbocycles. The fourth-order valence-electron chi connectivity index (χ4n) is 1.33. The van der Waals surface area contributed by atoms with Crippen molar-refractivity contribution in [2.45, 2.75) is 25.7 Å². The molecule has 106 valence electrons. The van der Waals surface area contributed by atoms with Crippen LogP contribution >= 0.6 is 11.6 Å². The Morgan fingerprint density at radius 3 is 2.63 bits per heavy atom. The maximum atomic E-state index is 13.5. The minimum absolute atomic E-state index is 0.00755. The normalized spacial score (nSPS) is 11.4. The summed E-state index contributed by atoms with van der Waals surface area (Å²) >= 11 is 5.58. The number of rotatable bonds is 7. The van der Waals surface area contributed by atoms with E-state index in [9.17, 15) is 9.18 Å². The van der Waals surface area contributed by atoms with Gasteiger partial charge in [-0.25, -0.2) is 4.39 Å². The summed E-state index contributed by atoms with van der Waals surface area (Å²) in [4.78, 5) is 10.8. The summed E-state index contributed by atoms with van der Waals surface area (Å²) in [6, 6.07) is 3.82. The number of hydrogen-bond acceptors (Lipinski definition) is 3. The highest BCUT2D eigenvalue weighted by Gasteiger charge is 2.14. The maximum Gasteiger partial charge on any atom is 0.189 e. The molecule has 19 heavy (non-hydrogen) atoms. The highest BCUT2D eigenvalue weighted by atomic mass is 35.5. The quantitative estimate of drug-likeness (QED) is 0.331. The molecule has 6 heteroatoms. The van der Waals surface area contributed by atoms with E-state index in [0.717, 1.165) is 6.04 Å². The maximum absolute atomic E-state index is 13.5. The lowest BCUT2D eigenvalue weighted by Gasteiger charge is -2.16. The zero-order chi connectivity index (χ0) is 14.5. The van der Waals surface area contributed by atoms with Crippen molar-refractivity contribution in [3.05, 3.63) is 28.5 Å². The van der Waals surface area contributed by atoms with Gasteiger partial charge in [-0.05, 0) is 18.2 Å². The summed E-state index contributed by atoms with van der Waals surface area (Å²) < 4.78 is 24.1. The zero-order valence-corrected chi connectivity index (χ0v) is 13.1. The Kier molecular flexibility index (Phi) is 5.97. The number of benzene rings is 1. The molecule has 0 bridgehead atoms. The second-order valence-corrected chi connectivity index (χ2v) is 11.4. The third kappa shape index (κ3) is 5.30. The van der Waals surface area contributed by atoms with Crippen LogP contribution in [-0.2, 0) is 4.74 Å². The minimum Gasteiger partial charge on any atom is -0.467 e. The molecule has 0 saturated heterocycles. The first-order chi connectivity index (χ1) is 8.85. The van der Waals surface area contributed by atoms with E-state index in [-0.39, 0.29) is 23.1 Å². The van der Waals surface area contributed by atoms with Gasteiger partial charge in [0.15, 0.2) is 18.9 Å². The first-order valence-corrected chi connectivity index (χ1v) is 10.1. The van der Waals surface area contributed by atoms with Crippen molar-refractivity contribution < 1.29 is 18.7 Å². The Morgan fingerprint density at radius 2 is 2.05 bits per heavy atom. The Morgan fingerprint density at radius 1 is 1.37 bits per heavy atom. The lowest BCUT2D eigenvalue weighted by atomic mass is 10.2. The predicted molar refractivity (Wildman–Crippen MR) is 76.4 cm³/mol. The first kappa shape index (κ1) is 16.1. The monoisotopic (exact) mass is 304 g/mol. The fraction of sp³-hybridized carbons (Fsp3) is 0.462. The summed E-state index contributed by atoms with van der Waals surface area (Å²) in [5.74, 6) is -0.624. The number of hydrogen-bond donors (Lipinski definition) is 0. The van der Waals surface area contributed by atoms with Crippen LogP contribution < -0.4 is 4.74 Å². The molecule has 0 aliphatic rings. The molecule has 0 aromatic heterocycles. The molecule has 0 aliphatic heterocycles. The Hall–Kier alpha value is -0.913. The summed E-state index contributed by atoms with van der Waals surface area (Å²) in [6.07, 6.45) is 0.388. The smallest absolute Gasteiger partial charge is 0.189 e. The Labute approximate surface area is 118 Å². The van der Waals surface area contributed by atoms with Gasteiger partial charge in [0.25, 0.3) is 0 Å². The van der Waals surface area contributed by atoms with Crippen LogP contribution in [0.5, 0.6) is 5.75 Å². The van der Waals surface area contributed by atoms with Crippen LogP contribution in [0.1, 0.15) is 10.4 Å². The molecule has 0 amide bonds. The van der Waals surface area contributed by atoms with Crippen molar-refractivity contribution in [3.8, 4) is 5.75 Å². The average Bonchev–Trinajstić information content (AvgIpc) is 2.32. The van der Waals surface area contributed by atoms with E-state index < -0.39 is 13.9 Å². The topological polar surface area (TPSA) is 35.5 Å². The highest BCUT2D eigenvalue weighted by Crippen LogP contribution is 2.26. The molecular weight excluding hydrogens is 287 g/mol. The third-order valence-corrected chi connectivity index (χ3v) is 4.50. The largest absolute Gasteiger partial charge is 0.467 e. The van der Waals surface area contributed by atoms with E-state index in [1.807, 2.05) is 0 Å². The van der Waals surface area contributed by atoms with Crippen LogP contribution in [0.4, 0.5) is 4.39 Å². The van der Waals surface area contributed by atoms with E-state index in [1.165, 1.54) is 12.1 Å². The third-order valence-electron chi connectivity index (χ3n) is 2.50. The van der Waals surface area contributed by atoms with Crippen molar-refractivity contribution in [1.82, 2.24) is 0 Å². The molecule has 0 heterocycles. The van der Waals surface area contributed by atoms with Gasteiger partial charge in [-0.3, -0.25) is 4.79 Å². The minimum atomic E-state index is -1.13. The number of aldehydes is 1. The molecule has 0 fully saturated rings. The van der Waals surface area contributed by atoms with E-state index in [2.05, 4.69) is 19.6 Å². The lowest BCUT2D eigenvalue weighted by Crippen LogP contribution is -2.22. The van der Waals surface area contributed by atoms with Gasteiger partial charge >= 0.3 is 0 Å². The number of carbonyl (C=O) groups is 1. The van der Waals surface area contributed by atoms with Crippen LogP contribution in [0.15, 0.2) is 12.1 Å². The van der Waals surface area contributed by atoms with Gasteiger partial charge in [0, 0.05) is 14.7 Å². The molecule has 0 atom stereocenters. The molecule has 0 spiro atoms. The zero-order valence-electron chi connectivity index (χ0n) is 11.3. The van der Waals surface area contributed by atoms with Crippen LogP contribution in [0, 0.1) is 5.82 Å². The van der Waals surface area contributed by atoms with Crippen molar-refractivity contribution in [1.29, 1.82) is 0 Å². The van der Waals surface area contributed by atoms with Crippen molar-refractivity contribution in [3.63, 3.8) is 0 Å². The van der Waals surface area contributed by atoms with Crippen molar-refractivity contribution in [2.24, 2.45) is 0 Å². The van der Waals surface area contributed by atoms with E-state index in [0.29, 0.717) is 12.9 Å². The molecule has 1 aromatic rings. The first-order valence-electron chi connectivity index (χ1n) is 5.99. The van der Waals surface area contributed by atoms with E-state index >= 15 is 0 Å². The molecular formula is C13H18ClFO3Si. The van der Waals surface area contributed by atoms with Gasteiger partial charge < -0.3 is 9.47 Å². The second kappa shape index (κ2) is 7.03. The standard InChI is InChI=1S/C13H18ClFO3Si/c1-19(2,3)7-6-17-9-18-12-5-4-11(14)13(15)10(12)8-16/h4-5,8H,6-7,9H2,1-3H3. The van der Waals surface area contributed by atoms with E-state index in [4.69, 9.17) is 21.1 Å². The number of ether oxygens (including phenoxy) is 2. The second-order valence-electron chi connectivity index (χ2n) is 5.37. The van der Waals surface area contributed by atoms with Gasteiger partial charge in [-0.1, -0.05) is 31.2 Å². The van der Waals surface area contributed by atoms with Crippen LogP contribution in [0.2, 0.25) is 30.7 Å². The SMILES string of the molecule is C[Si](C)(C)CCOCOc1ccc(Cl)c(F)c1C=O. The van der Waals surface area contributed by atoms with Crippen LogP contribution in [0.3, 0.4) is 0 Å². The van der Waals surface area contributed by atoms with Gasteiger partial charge in [-0.2, -0.15) is 0 Å². The van der Waals surface area contributed by atoms with Gasteiger partial charge in [0.05, 0.1) is 10.6 Å². The van der Waals surface area contributed by atoms with Gasteiger partial charge in [0.2, 0.25) is 0 Å². The molecule has 0 radical (unpaired) electrons. The van der Waals surface area contributed by atoms with Crippen LogP contribution in [0.25, 0.3) is 0 Å². The summed E-state index contributed by atoms with van der Waals surface area (Å²) in [5.41, 5.74) is -0.179. The molecule has 3 nitrogen and oxygen atoms in total. The highest BCUT2D eigenvalue weighted by molar-refractivity contribution is 6.76. The summed E-state index contributed by atoms with van der Waals surface area (Å²) in [6.45, 7) is 7.33. The number of carbonyl (C=O) groups excluding carboxylic acids is 1. The van der Waals surface area contributed by atoms with Gasteiger partial charge in [-0.15, -0.1) is 0 Å². The Bertz CT molecular complexity index is 446.